The van der Waals surface area contributed by atoms with Gasteiger partial charge in [-0.25, -0.2) is 15.0 Å². The number of hydrogen-bond acceptors (Lipinski definition) is 5. The monoisotopic (exact) mass is 616 g/mol. The van der Waals surface area contributed by atoms with Crippen LogP contribution in [-0.2, 0) is 0 Å². The Morgan fingerprint density at radius 3 is 1.77 bits per heavy atom. The molecular formula is C42H28N6. The lowest BCUT2D eigenvalue weighted by atomic mass is 10.1. The van der Waals surface area contributed by atoms with E-state index in [0.29, 0.717) is 11.9 Å². The average molecular weight is 617 g/mol. The van der Waals surface area contributed by atoms with Crippen molar-refractivity contribution < 1.29 is 0 Å². The molecule has 48 heavy (non-hydrogen) atoms. The first-order valence-corrected chi connectivity index (χ1v) is 15.9. The number of hydrogen-bond donors (Lipinski definition) is 0. The van der Waals surface area contributed by atoms with Crippen LogP contribution in [0.25, 0.3) is 61.2 Å². The number of nitrogens with zero attached hydrogens (tertiary/aromatic N) is 6. The minimum absolute atomic E-state index is 0.550. The lowest BCUT2D eigenvalue weighted by Crippen LogP contribution is -2.14. The van der Waals surface area contributed by atoms with E-state index in [2.05, 4.69) is 100 Å². The topological polar surface area (TPSA) is 59.7 Å². The summed E-state index contributed by atoms with van der Waals surface area (Å²) in [7, 11) is 0. The van der Waals surface area contributed by atoms with E-state index in [0.717, 1.165) is 61.0 Å². The van der Waals surface area contributed by atoms with Crippen LogP contribution in [0.1, 0.15) is 0 Å². The SMILES string of the molecule is c1ccc(-c2ccc(N(c3ccccc3)c3ncc4c5ccccc5n(-c5nc(-c6ccccc6)c6ccccc6n5)c4n3)cc2)cc1. The first-order chi connectivity index (χ1) is 23.8. The van der Waals surface area contributed by atoms with Crippen LogP contribution in [0.3, 0.4) is 0 Å². The predicted octanol–water partition coefficient (Wildman–Crippen LogP) is 10.3. The number of aromatic nitrogens is 5. The molecule has 0 atom stereocenters. The Hall–Kier alpha value is -6.66. The molecule has 0 aliphatic carbocycles. The predicted molar refractivity (Wildman–Crippen MR) is 195 cm³/mol. The summed E-state index contributed by atoms with van der Waals surface area (Å²) in [5.74, 6) is 1.11. The van der Waals surface area contributed by atoms with Gasteiger partial charge in [0.2, 0.25) is 11.9 Å². The Morgan fingerprint density at radius 1 is 0.438 bits per heavy atom. The van der Waals surface area contributed by atoms with Crippen molar-refractivity contribution in [3.63, 3.8) is 0 Å². The zero-order chi connectivity index (χ0) is 31.9. The third kappa shape index (κ3) is 4.75. The maximum absolute atomic E-state index is 5.30. The zero-order valence-corrected chi connectivity index (χ0v) is 25.8. The van der Waals surface area contributed by atoms with Gasteiger partial charge in [0.05, 0.1) is 16.7 Å². The van der Waals surface area contributed by atoms with Crippen molar-refractivity contribution in [3.8, 4) is 28.3 Å². The second-order valence-electron chi connectivity index (χ2n) is 11.6. The molecule has 0 aliphatic rings. The number of fused-ring (bicyclic) bond motifs is 4. The fraction of sp³-hybridized carbons (Fsp3) is 0. The van der Waals surface area contributed by atoms with Crippen molar-refractivity contribution in [1.82, 2.24) is 24.5 Å². The highest BCUT2D eigenvalue weighted by Gasteiger charge is 2.22. The average Bonchev–Trinajstić information content (AvgIpc) is 3.50. The Balaban J connectivity index is 1.27. The van der Waals surface area contributed by atoms with Gasteiger partial charge in [0, 0.05) is 39.3 Å². The molecule has 6 nitrogen and oxygen atoms in total. The molecule has 0 N–H and O–H groups in total. The summed E-state index contributed by atoms with van der Waals surface area (Å²) in [6.07, 6.45) is 1.92. The molecule has 0 fully saturated rings. The van der Waals surface area contributed by atoms with E-state index in [1.807, 2.05) is 79.0 Å². The van der Waals surface area contributed by atoms with Crippen LogP contribution in [0, 0.1) is 0 Å². The Kier molecular flexibility index (Phi) is 6.68. The quantitative estimate of drug-likeness (QED) is 0.186. The highest BCUT2D eigenvalue weighted by Crippen LogP contribution is 2.37. The summed E-state index contributed by atoms with van der Waals surface area (Å²) in [5.41, 5.74) is 8.70. The molecular weight excluding hydrogens is 589 g/mol. The van der Waals surface area contributed by atoms with E-state index in [9.17, 15) is 0 Å². The molecule has 0 spiro atoms. The normalized spacial score (nSPS) is 11.3. The number of rotatable bonds is 6. The van der Waals surface area contributed by atoms with Crippen LogP contribution < -0.4 is 4.90 Å². The lowest BCUT2D eigenvalue weighted by Gasteiger charge is -2.23. The first-order valence-electron chi connectivity index (χ1n) is 15.9. The highest BCUT2D eigenvalue weighted by atomic mass is 15.3. The second kappa shape index (κ2) is 11.6. The molecule has 0 saturated heterocycles. The van der Waals surface area contributed by atoms with E-state index >= 15 is 0 Å². The largest absolute Gasteiger partial charge is 0.279 e. The van der Waals surface area contributed by atoms with Gasteiger partial charge in [-0.2, -0.15) is 4.98 Å². The van der Waals surface area contributed by atoms with Crippen LogP contribution in [0.15, 0.2) is 170 Å². The van der Waals surface area contributed by atoms with Crippen molar-refractivity contribution >= 4 is 50.2 Å². The minimum Gasteiger partial charge on any atom is -0.279 e. The van der Waals surface area contributed by atoms with Crippen LogP contribution in [-0.4, -0.2) is 24.5 Å². The van der Waals surface area contributed by atoms with Crippen LogP contribution in [0.4, 0.5) is 17.3 Å². The van der Waals surface area contributed by atoms with Crippen molar-refractivity contribution in [2.45, 2.75) is 0 Å². The molecule has 0 saturated carbocycles. The molecule has 6 aromatic carbocycles. The van der Waals surface area contributed by atoms with Gasteiger partial charge in [-0.1, -0.05) is 127 Å². The number of benzene rings is 6. The molecule has 0 unspecified atom stereocenters. The Bertz CT molecular complexity index is 2550. The molecule has 3 aromatic heterocycles. The Morgan fingerprint density at radius 2 is 1.02 bits per heavy atom. The van der Waals surface area contributed by atoms with Crippen LogP contribution in [0.5, 0.6) is 0 Å². The molecule has 0 bridgehead atoms. The third-order valence-corrected chi connectivity index (χ3v) is 8.69. The Labute approximate surface area is 277 Å². The molecule has 0 amide bonds. The first kappa shape index (κ1) is 27.6. The van der Waals surface area contributed by atoms with E-state index in [4.69, 9.17) is 19.9 Å². The molecule has 3 heterocycles. The van der Waals surface area contributed by atoms with E-state index in [-0.39, 0.29) is 0 Å². The minimum atomic E-state index is 0.550. The van der Waals surface area contributed by atoms with Gasteiger partial charge >= 0.3 is 0 Å². The fourth-order valence-corrected chi connectivity index (χ4v) is 6.42. The van der Waals surface area contributed by atoms with E-state index in [1.54, 1.807) is 0 Å². The van der Waals surface area contributed by atoms with Gasteiger partial charge in [-0.15, -0.1) is 0 Å². The van der Waals surface area contributed by atoms with E-state index in [1.165, 1.54) is 5.56 Å². The van der Waals surface area contributed by atoms with Crippen LogP contribution >= 0.6 is 0 Å². The van der Waals surface area contributed by atoms with Gasteiger partial charge in [0.25, 0.3) is 0 Å². The van der Waals surface area contributed by atoms with Gasteiger partial charge in [0.1, 0.15) is 0 Å². The summed E-state index contributed by atoms with van der Waals surface area (Å²) >= 11 is 0. The van der Waals surface area contributed by atoms with Crippen molar-refractivity contribution in [1.29, 1.82) is 0 Å². The lowest BCUT2D eigenvalue weighted by molar-refractivity contribution is 0.987. The van der Waals surface area contributed by atoms with Gasteiger partial charge in [-0.05, 0) is 47.5 Å². The smallest absolute Gasteiger partial charge is 0.237 e. The van der Waals surface area contributed by atoms with Gasteiger partial charge < -0.3 is 0 Å². The highest BCUT2D eigenvalue weighted by molar-refractivity contribution is 6.08. The summed E-state index contributed by atoms with van der Waals surface area (Å²) in [6.45, 7) is 0. The molecule has 9 rings (SSSR count). The third-order valence-electron chi connectivity index (χ3n) is 8.69. The molecule has 226 valence electrons. The fourth-order valence-electron chi connectivity index (χ4n) is 6.42. The van der Waals surface area contributed by atoms with Crippen molar-refractivity contribution in [2.24, 2.45) is 0 Å². The number of para-hydroxylation sites is 3. The van der Waals surface area contributed by atoms with Gasteiger partial charge in [-0.3, -0.25) is 9.47 Å². The molecule has 6 heteroatoms. The maximum Gasteiger partial charge on any atom is 0.237 e. The standard InChI is InChI=1S/C42H28N6/c1-4-14-29(15-5-1)30-24-26-33(27-25-30)47(32-18-8-3-9-19-32)41-43-28-36-34-20-11-13-23-38(34)48(40(36)46-41)42-44-37-22-12-10-21-35(37)39(45-42)31-16-6-2-7-17-31/h1-28H. The summed E-state index contributed by atoms with van der Waals surface area (Å²) in [6, 6.07) is 55.9. The molecule has 9 aromatic rings. The van der Waals surface area contributed by atoms with Crippen molar-refractivity contribution in [3.05, 3.63) is 170 Å². The summed E-state index contributed by atoms with van der Waals surface area (Å²) in [4.78, 5) is 22.7. The summed E-state index contributed by atoms with van der Waals surface area (Å²) < 4.78 is 2.07. The number of anilines is 3. The van der Waals surface area contributed by atoms with E-state index < -0.39 is 0 Å². The molecule has 0 aliphatic heterocycles. The molecule has 0 radical (unpaired) electrons. The second-order valence-corrected chi connectivity index (χ2v) is 11.6. The summed E-state index contributed by atoms with van der Waals surface area (Å²) in [5, 5.41) is 2.97. The van der Waals surface area contributed by atoms with Crippen molar-refractivity contribution in [2.75, 3.05) is 4.90 Å². The van der Waals surface area contributed by atoms with Gasteiger partial charge in [0.15, 0.2) is 5.65 Å². The van der Waals surface area contributed by atoms with Crippen LogP contribution in [0.2, 0.25) is 0 Å². The zero-order valence-electron chi connectivity index (χ0n) is 25.8. The maximum atomic E-state index is 5.30.